The van der Waals surface area contributed by atoms with Crippen LogP contribution in [0.3, 0.4) is 0 Å². The lowest BCUT2D eigenvalue weighted by atomic mass is 10.1. The number of rotatable bonds is 1. The second-order valence-corrected chi connectivity index (χ2v) is 5.31. The van der Waals surface area contributed by atoms with E-state index in [1.165, 1.54) is 0 Å². The molecule has 1 aromatic rings. The summed E-state index contributed by atoms with van der Waals surface area (Å²) in [5.74, 6) is 0.485. The molecule has 1 N–H and O–H groups in total. The molecule has 4 nitrogen and oxygen atoms in total. The van der Waals surface area contributed by atoms with E-state index in [1.54, 1.807) is 0 Å². The maximum atomic E-state index is 12.2. The Morgan fingerprint density at radius 2 is 2.11 bits per heavy atom. The monoisotopic (exact) mass is 249 g/mol. The van der Waals surface area contributed by atoms with Gasteiger partial charge in [-0.05, 0) is 26.8 Å². The normalized spacial score (nSPS) is 19.4. The Bertz CT molecular complexity index is 437. The Labute approximate surface area is 107 Å². The van der Waals surface area contributed by atoms with E-state index in [0.29, 0.717) is 13.2 Å². The molecule has 2 rings (SSSR count). The molecular formula is C14H19NO3. The SMILES string of the molecule is CC(C)(C)OC(=O)C1NCCOc2ccccc21. The highest BCUT2D eigenvalue weighted by Crippen LogP contribution is 2.28. The lowest BCUT2D eigenvalue weighted by Gasteiger charge is -2.24. The summed E-state index contributed by atoms with van der Waals surface area (Å²) in [5, 5.41) is 3.16. The summed E-state index contributed by atoms with van der Waals surface area (Å²) in [6.07, 6.45) is 0. The summed E-state index contributed by atoms with van der Waals surface area (Å²) < 4.78 is 11.0. The first-order chi connectivity index (χ1) is 8.47. The number of carbonyl (C=O) groups is 1. The summed E-state index contributed by atoms with van der Waals surface area (Å²) in [6.45, 7) is 6.77. The van der Waals surface area contributed by atoms with Crippen LogP contribution < -0.4 is 10.1 Å². The number of hydrogen-bond acceptors (Lipinski definition) is 4. The molecule has 98 valence electrons. The van der Waals surface area contributed by atoms with Crippen LogP contribution in [0.4, 0.5) is 0 Å². The van der Waals surface area contributed by atoms with Gasteiger partial charge < -0.3 is 9.47 Å². The minimum absolute atomic E-state index is 0.263. The zero-order chi connectivity index (χ0) is 13.2. The average Bonchev–Trinajstić information content (AvgIpc) is 2.48. The van der Waals surface area contributed by atoms with Gasteiger partial charge in [-0.15, -0.1) is 0 Å². The van der Waals surface area contributed by atoms with Crippen LogP contribution in [0.2, 0.25) is 0 Å². The highest BCUT2D eigenvalue weighted by molar-refractivity contribution is 5.79. The molecular weight excluding hydrogens is 230 g/mol. The van der Waals surface area contributed by atoms with Crippen molar-refractivity contribution >= 4 is 5.97 Å². The molecule has 1 aliphatic heterocycles. The number of ether oxygens (including phenoxy) is 2. The zero-order valence-corrected chi connectivity index (χ0v) is 11.0. The van der Waals surface area contributed by atoms with Crippen LogP contribution in [0, 0.1) is 0 Å². The maximum absolute atomic E-state index is 12.2. The van der Waals surface area contributed by atoms with Crippen LogP contribution in [0.15, 0.2) is 24.3 Å². The van der Waals surface area contributed by atoms with Crippen molar-refractivity contribution in [3.8, 4) is 5.75 Å². The molecule has 4 heteroatoms. The van der Waals surface area contributed by atoms with Crippen LogP contribution in [-0.2, 0) is 9.53 Å². The molecule has 0 saturated carbocycles. The molecule has 0 spiro atoms. The third-order valence-electron chi connectivity index (χ3n) is 2.58. The Morgan fingerprint density at radius 1 is 1.39 bits per heavy atom. The smallest absolute Gasteiger partial charge is 0.328 e. The van der Waals surface area contributed by atoms with Crippen LogP contribution in [0.1, 0.15) is 32.4 Å². The molecule has 18 heavy (non-hydrogen) atoms. The highest BCUT2D eigenvalue weighted by Gasteiger charge is 2.29. The summed E-state index contributed by atoms with van der Waals surface area (Å²) in [7, 11) is 0. The van der Waals surface area contributed by atoms with Crippen molar-refractivity contribution in [1.29, 1.82) is 0 Å². The fourth-order valence-electron chi connectivity index (χ4n) is 1.90. The fourth-order valence-corrected chi connectivity index (χ4v) is 1.90. The van der Waals surface area contributed by atoms with Crippen molar-refractivity contribution in [2.24, 2.45) is 0 Å². The zero-order valence-electron chi connectivity index (χ0n) is 11.0. The van der Waals surface area contributed by atoms with Crippen LogP contribution in [0.5, 0.6) is 5.75 Å². The van der Waals surface area contributed by atoms with E-state index in [4.69, 9.17) is 9.47 Å². The quantitative estimate of drug-likeness (QED) is 0.774. The maximum Gasteiger partial charge on any atom is 0.328 e. The number of carbonyl (C=O) groups excluding carboxylic acids is 1. The first-order valence-corrected chi connectivity index (χ1v) is 6.15. The molecule has 1 aliphatic rings. The summed E-state index contributed by atoms with van der Waals surface area (Å²) in [5.41, 5.74) is 0.352. The van der Waals surface area contributed by atoms with Gasteiger partial charge in [0.2, 0.25) is 0 Å². The van der Waals surface area contributed by atoms with Crippen molar-refractivity contribution in [3.05, 3.63) is 29.8 Å². The van der Waals surface area contributed by atoms with Crippen LogP contribution in [0.25, 0.3) is 0 Å². The third-order valence-corrected chi connectivity index (χ3v) is 2.58. The second kappa shape index (κ2) is 4.98. The number of hydrogen-bond donors (Lipinski definition) is 1. The van der Waals surface area contributed by atoms with Gasteiger partial charge in [-0.1, -0.05) is 18.2 Å². The molecule has 0 saturated heterocycles. The molecule has 0 fully saturated rings. The van der Waals surface area contributed by atoms with E-state index in [9.17, 15) is 4.79 Å². The molecule has 0 bridgehead atoms. The average molecular weight is 249 g/mol. The topological polar surface area (TPSA) is 47.6 Å². The van der Waals surface area contributed by atoms with E-state index >= 15 is 0 Å². The number of fused-ring (bicyclic) bond motifs is 1. The van der Waals surface area contributed by atoms with Crippen molar-refractivity contribution in [2.45, 2.75) is 32.4 Å². The van der Waals surface area contributed by atoms with Crippen molar-refractivity contribution in [1.82, 2.24) is 5.32 Å². The second-order valence-electron chi connectivity index (χ2n) is 5.31. The number of benzene rings is 1. The lowest BCUT2D eigenvalue weighted by molar-refractivity contribution is -0.157. The Kier molecular flexibility index (Phi) is 3.57. The number of nitrogens with one attached hydrogen (secondary N) is 1. The minimum Gasteiger partial charge on any atom is -0.492 e. The van der Waals surface area contributed by atoms with Crippen molar-refractivity contribution < 1.29 is 14.3 Å². The Morgan fingerprint density at radius 3 is 2.83 bits per heavy atom. The lowest BCUT2D eigenvalue weighted by Crippen LogP contribution is -2.35. The van der Waals surface area contributed by atoms with E-state index in [0.717, 1.165) is 11.3 Å². The van der Waals surface area contributed by atoms with Crippen LogP contribution >= 0.6 is 0 Å². The van der Waals surface area contributed by atoms with Gasteiger partial charge in [-0.25, -0.2) is 4.79 Å². The van der Waals surface area contributed by atoms with Gasteiger partial charge in [0, 0.05) is 12.1 Å². The first-order valence-electron chi connectivity index (χ1n) is 6.15. The Balaban J connectivity index is 2.25. The van der Waals surface area contributed by atoms with Crippen LogP contribution in [-0.4, -0.2) is 24.7 Å². The number of esters is 1. The summed E-state index contributed by atoms with van der Waals surface area (Å²) >= 11 is 0. The standard InChI is InChI=1S/C14H19NO3/c1-14(2,3)18-13(16)12-10-6-4-5-7-11(10)17-9-8-15-12/h4-7,12,15H,8-9H2,1-3H3. The van der Waals surface area contributed by atoms with Gasteiger partial charge in [0.15, 0.2) is 0 Å². The van der Waals surface area contributed by atoms with Crippen molar-refractivity contribution in [3.63, 3.8) is 0 Å². The van der Waals surface area contributed by atoms with E-state index in [2.05, 4.69) is 5.32 Å². The first kappa shape index (κ1) is 12.9. The molecule has 1 aromatic carbocycles. The van der Waals surface area contributed by atoms with E-state index in [-0.39, 0.29) is 5.97 Å². The molecule has 1 unspecified atom stereocenters. The molecule has 1 atom stereocenters. The molecule has 0 aromatic heterocycles. The predicted molar refractivity (Wildman–Crippen MR) is 68.5 cm³/mol. The summed E-state index contributed by atoms with van der Waals surface area (Å²) in [6, 6.07) is 7.10. The minimum atomic E-state index is -0.485. The van der Waals surface area contributed by atoms with Gasteiger partial charge in [-0.2, -0.15) is 0 Å². The largest absolute Gasteiger partial charge is 0.492 e. The van der Waals surface area contributed by atoms with Gasteiger partial charge in [-0.3, -0.25) is 5.32 Å². The van der Waals surface area contributed by atoms with Gasteiger partial charge >= 0.3 is 5.97 Å². The van der Waals surface area contributed by atoms with E-state index in [1.807, 2.05) is 45.0 Å². The molecule has 0 radical (unpaired) electrons. The molecule has 0 amide bonds. The molecule has 1 heterocycles. The van der Waals surface area contributed by atoms with Gasteiger partial charge in [0.1, 0.15) is 24.0 Å². The molecule has 0 aliphatic carbocycles. The van der Waals surface area contributed by atoms with Gasteiger partial charge in [0.05, 0.1) is 0 Å². The Hall–Kier alpha value is -1.55. The third kappa shape index (κ3) is 3.01. The number of para-hydroxylation sites is 1. The highest BCUT2D eigenvalue weighted by atomic mass is 16.6. The fraction of sp³-hybridized carbons (Fsp3) is 0.500. The van der Waals surface area contributed by atoms with Gasteiger partial charge in [0.25, 0.3) is 0 Å². The predicted octanol–water partition coefficient (Wildman–Crippen LogP) is 2.05. The van der Waals surface area contributed by atoms with Crippen molar-refractivity contribution in [2.75, 3.05) is 13.2 Å². The van der Waals surface area contributed by atoms with E-state index < -0.39 is 11.6 Å². The summed E-state index contributed by atoms with van der Waals surface area (Å²) in [4.78, 5) is 12.2.